The third kappa shape index (κ3) is 3.33. The summed E-state index contributed by atoms with van der Waals surface area (Å²) in [5.74, 6) is -0.400. The van der Waals surface area contributed by atoms with Crippen LogP contribution in [0.2, 0.25) is 0 Å². The highest BCUT2D eigenvalue weighted by atomic mass is 32.2. The van der Waals surface area contributed by atoms with Crippen LogP contribution in [0, 0.1) is 5.82 Å². The summed E-state index contributed by atoms with van der Waals surface area (Å²) in [6.07, 6.45) is 0. The summed E-state index contributed by atoms with van der Waals surface area (Å²) < 4.78 is 40.2. The van der Waals surface area contributed by atoms with E-state index in [4.69, 9.17) is 5.73 Å². The molecule has 0 aromatic heterocycles. The first-order chi connectivity index (χ1) is 9.81. The van der Waals surface area contributed by atoms with Gasteiger partial charge in [-0.05, 0) is 35.7 Å². The van der Waals surface area contributed by atoms with Gasteiger partial charge in [0, 0.05) is 5.69 Å². The van der Waals surface area contributed by atoms with Gasteiger partial charge in [-0.15, -0.1) is 0 Å². The average molecular weight is 308 g/mol. The van der Waals surface area contributed by atoms with Crippen molar-refractivity contribution < 1.29 is 12.8 Å². The molecule has 0 aliphatic heterocycles. The van der Waals surface area contributed by atoms with Gasteiger partial charge in [0.05, 0.1) is 5.69 Å². The molecule has 0 saturated heterocycles. The van der Waals surface area contributed by atoms with Gasteiger partial charge in [0.15, 0.2) is 0 Å². The molecule has 4 nitrogen and oxygen atoms in total. The first-order valence-corrected chi connectivity index (χ1v) is 7.96. The van der Waals surface area contributed by atoms with Crippen LogP contribution in [0.4, 0.5) is 15.8 Å². The highest BCUT2D eigenvalue weighted by Gasteiger charge is 2.19. The summed E-state index contributed by atoms with van der Waals surface area (Å²) in [5, 5.41) is 0. The number of sulfonamides is 1. The third-order valence-electron chi connectivity index (χ3n) is 3.13. The van der Waals surface area contributed by atoms with Crippen molar-refractivity contribution in [3.05, 3.63) is 53.8 Å². The molecular formula is C15H17FN2O2S. The molecule has 112 valence electrons. The zero-order valence-electron chi connectivity index (χ0n) is 11.8. The summed E-state index contributed by atoms with van der Waals surface area (Å²) >= 11 is 0. The highest BCUT2D eigenvalue weighted by Crippen LogP contribution is 2.24. The van der Waals surface area contributed by atoms with Crippen molar-refractivity contribution in [3.8, 4) is 0 Å². The Labute approximate surface area is 123 Å². The molecule has 2 aromatic carbocycles. The van der Waals surface area contributed by atoms with Crippen LogP contribution in [-0.4, -0.2) is 8.42 Å². The van der Waals surface area contributed by atoms with Crippen molar-refractivity contribution >= 4 is 21.4 Å². The number of hydrogen-bond acceptors (Lipinski definition) is 3. The zero-order valence-corrected chi connectivity index (χ0v) is 12.6. The van der Waals surface area contributed by atoms with Gasteiger partial charge in [-0.25, -0.2) is 12.8 Å². The molecule has 0 saturated carbocycles. The van der Waals surface area contributed by atoms with Crippen LogP contribution >= 0.6 is 0 Å². The predicted octanol–water partition coefficient (Wildman–Crippen LogP) is 3.33. The lowest BCUT2D eigenvalue weighted by atomic mass is 10.0. The Balaban J connectivity index is 2.31. The van der Waals surface area contributed by atoms with Crippen LogP contribution in [0.15, 0.2) is 47.4 Å². The minimum absolute atomic E-state index is 0.268. The lowest BCUT2D eigenvalue weighted by molar-refractivity contribution is 0.597. The fraction of sp³-hybridized carbons (Fsp3) is 0.200. The molecule has 0 fully saturated rings. The maximum atomic E-state index is 13.4. The molecule has 0 bridgehead atoms. The van der Waals surface area contributed by atoms with Crippen molar-refractivity contribution in [1.29, 1.82) is 0 Å². The molecule has 0 unspecified atom stereocenters. The second kappa shape index (κ2) is 5.73. The normalized spacial score (nSPS) is 11.6. The highest BCUT2D eigenvalue weighted by molar-refractivity contribution is 7.92. The molecule has 0 radical (unpaired) electrons. The molecule has 0 atom stereocenters. The van der Waals surface area contributed by atoms with Gasteiger partial charge in [0.1, 0.15) is 10.7 Å². The van der Waals surface area contributed by atoms with E-state index in [-0.39, 0.29) is 10.6 Å². The number of hydrogen-bond donors (Lipinski definition) is 2. The number of anilines is 2. The topological polar surface area (TPSA) is 72.2 Å². The van der Waals surface area contributed by atoms with Crippen LogP contribution in [-0.2, 0) is 10.0 Å². The molecule has 0 heterocycles. The number of nitrogen functional groups attached to an aromatic ring is 1. The first-order valence-electron chi connectivity index (χ1n) is 6.48. The lowest BCUT2D eigenvalue weighted by Crippen LogP contribution is -2.15. The molecule has 3 N–H and O–H groups in total. The van der Waals surface area contributed by atoms with Gasteiger partial charge in [-0.2, -0.15) is 0 Å². The fourth-order valence-corrected chi connectivity index (χ4v) is 3.10. The molecular weight excluding hydrogens is 291 g/mol. The van der Waals surface area contributed by atoms with Gasteiger partial charge in [0.25, 0.3) is 10.0 Å². The summed E-state index contributed by atoms with van der Waals surface area (Å²) in [7, 11) is -3.91. The molecule has 0 aliphatic rings. The summed E-state index contributed by atoms with van der Waals surface area (Å²) in [6.45, 7) is 4.10. The number of benzene rings is 2. The fourth-order valence-electron chi connectivity index (χ4n) is 1.90. The SMILES string of the molecule is CC(C)c1ccc(NS(=O)(=O)c2cccc(F)c2N)cc1. The molecule has 6 heteroatoms. The second-order valence-corrected chi connectivity index (χ2v) is 6.68. The van der Waals surface area contributed by atoms with E-state index in [1.165, 1.54) is 12.1 Å². The molecule has 21 heavy (non-hydrogen) atoms. The van der Waals surface area contributed by atoms with Crippen LogP contribution in [0.25, 0.3) is 0 Å². The Bertz CT molecular complexity index is 741. The van der Waals surface area contributed by atoms with Gasteiger partial charge >= 0.3 is 0 Å². The number of halogens is 1. The largest absolute Gasteiger partial charge is 0.395 e. The van der Waals surface area contributed by atoms with E-state index in [0.29, 0.717) is 11.6 Å². The van der Waals surface area contributed by atoms with E-state index in [1.54, 1.807) is 12.1 Å². The average Bonchev–Trinajstić information content (AvgIpc) is 2.41. The number of nitrogens with one attached hydrogen (secondary N) is 1. The Kier molecular flexibility index (Phi) is 4.18. The quantitative estimate of drug-likeness (QED) is 0.851. The van der Waals surface area contributed by atoms with E-state index in [1.807, 2.05) is 26.0 Å². The van der Waals surface area contributed by atoms with Crippen molar-refractivity contribution in [2.24, 2.45) is 0 Å². The van der Waals surface area contributed by atoms with Gasteiger partial charge in [0.2, 0.25) is 0 Å². The maximum absolute atomic E-state index is 13.4. The minimum atomic E-state index is -3.91. The lowest BCUT2D eigenvalue weighted by Gasteiger charge is -2.11. The van der Waals surface area contributed by atoms with Gasteiger partial charge in [-0.1, -0.05) is 32.0 Å². The molecule has 0 spiro atoms. The summed E-state index contributed by atoms with van der Waals surface area (Å²) in [4.78, 5) is -0.268. The maximum Gasteiger partial charge on any atom is 0.264 e. The van der Waals surface area contributed by atoms with E-state index in [0.717, 1.165) is 11.6 Å². The molecule has 0 aliphatic carbocycles. The van der Waals surface area contributed by atoms with E-state index >= 15 is 0 Å². The summed E-state index contributed by atoms with van der Waals surface area (Å²) in [6, 6.07) is 10.7. The van der Waals surface area contributed by atoms with E-state index in [2.05, 4.69) is 4.72 Å². The van der Waals surface area contributed by atoms with Crippen molar-refractivity contribution in [3.63, 3.8) is 0 Å². The molecule has 0 amide bonds. The van der Waals surface area contributed by atoms with Crippen molar-refractivity contribution in [1.82, 2.24) is 0 Å². The predicted molar refractivity (Wildman–Crippen MR) is 82.2 cm³/mol. The third-order valence-corrected chi connectivity index (χ3v) is 4.57. The Morgan fingerprint density at radius 3 is 2.29 bits per heavy atom. The van der Waals surface area contributed by atoms with Crippen LogP contribution < -0.4 is 10.5 Å². The molecule has 2 aromatic rings. The smallest absolute Gasteiger partial charge is 0.264 e. The summed E-state index contributed by atoms with van der Waals surface area (Å²) in [5.41, 5.74) is 6.61. The van der Waals surface area contributed by atoms with E-state index in [9.17, 15) is 12.8 Å². The van der Waals surface area contributed by atoms with Crippen LogP contribution in [0.5, 0.6) is 0 Å². The number of rotatable bonds is 4. The Hall–Kier alpha value is -2.08. The Morgan fingerprint density at radius 1 is 1.10 bits per heavy atom. The van der Waals surface area contributed by atoms with Gasteiger partial charge in [-0.3, -0.25) is 4.72 Å². The van der Waals surface area contributed by atoms with Crippen molar-refractivity contribution in [2.75, 3.05) is 10.5 Å². The van der Waals surface area contributed by atoms with Crippen LogP contribution in [0.1, 0.15) is 25.3 Å². The standard InChI is InChI=1S/C15H17FN2O2S/c1-10(2)11-6-8-12(9-7-11)18-21(19,20)14-5-3-4-13(16)15(14)17/h3-10,18H,17H2,1-2H3. The first kappa shape index (κ1) is 15.3. The van der Waals surface area contributed by atoms with Crippen LogP contribution in [0.3, 0.4) is 0 Å². The number of para-hydroxylation sites is 1. The Morgan fingerprint density at radius 2 is 1.71 bits per heavy atom. The minimum Gasteiger partial charge on any atom is -0.395 e. The second-order valence-electron chi connectivity index (χ2n) is 5.03. The van der Waals surface area contributed by atoms with Crippen molar-refractivity contribution in [2.45, 2.75) is 24.7 Å². The zero-order chi connectivity index (χ0) is 15.6. The van der Waals surface area contributed by atoms with E-state index < -0.39 is 15.8 Å². The molecule has 2 rings (SSSR count). The number of nitrogens with two attached hydrogens (primary N) is 1. The van der Waals surface area contributed by atoms with Gasteiger partial charge < -0.3 is 5.73 Å². The monoisotopic (exact) mass is 308 g/mol.